The molecule has 2 rings (SSSR count). The number of nitrogens with one attached hydrogen (secondary N) is 1. The molecule has 21 heavy (non-hydrogen) atoms. The van der Waals surface area contributed by atoms with Gasteiger partial charge in [0.1, 0.15) is 0 Å². The molecule has 2 aromatic carbocycles. The lowest BCUT2D eigenvalue weighted by Crippen LogP contribution is -2.23. The minimum Gasteiger partial charge on any atom is -0.392 e. The Bertz CT molecular complexity index is 615. The molecule has 2 N–H and O–H groups in total. The predicted molar refractivity (Wildman–Crippen MR) is 78.7 cm³/mol. The lowest BCUT2D eigenvalue weighted by molar-refractivity contribution is 0.281. The van der Waals surface area contributed by atoms with Crippen molar-refractivity contribution in [3.05, 3.63) is 70.8 Å². The van der Waals surface area contributed by atoms with Crippen LogP contribution in [-0.2, 0) is 6.61 Å². The fourth-order valence-corrected chi connectivity index (χ4v) is 2.38. The van der Waals surface area contributed by atoms with Crippen molar-refractivity contribution in [1.29, 1.82) is 0 Å². The van der Waals surface area contributed by atoms with Gasteiger partial charge >= 0.3 is 0 Å². The summed E-state index contributed by atoms with van der Waals surface area (Å²) in [6.07, 6.45) is 0. The number of aliphatic hydroxyl groups excluding tert-OH is 1. The molecular formula is C17H19F2NO. The molecule has 2 nitrogen and oxygen atoms in total. The smallest absolute Gasteiger partial charge is 0.163 e. The molecule has 2 unspecified atom stereocenters. The van der Waals surface area contributed by atoms with Gasteiger partial charge in [0.25, 0.3) is 0 Å². The van der Waals surface area contributed by atoms with Crippen LogP contribution in [0, 0.1) is 11.6 Å². The second-order valence-electron chi connectivity index (χ2n) is 5.16. The van der Waals surface area contributed by atoms with Crippen molar-refractivity contribution >= 4 is 0 Å². The van der Waals surface area contributed by atoms with E-state index >= 15 is 0 Å². The fourth-order valence-electron chi connectivity index (χ4n) is 2.38. The van der Waals surface area contributed by atoms with E-state index in [0.717, 1.165) is 17.2 Å². The third kappa shape index (κ3) is 3.65. The summed E-state index contributed by atoms with van der Waals surface area (Å²) in [6, 6.07) is 11.4. The Morgan fingerprint density at radius 2 is 1.76 bits per heavy atom. The Balaban J connectivity index is 2.14. The SMILES string of the molecule is CC(NC(C)c1cccc(F)c1F)c1cccc(CO)c1. The Kier molecular flexibility index (Phi) is 5.04. The number of hydrogen-bond acceptors (Lipinski definition) is 2. The maximum atomic E-state index is 13.8. The van der Waals surface area contributed by atoms with Crippen LogP contribution in [0.25, 0.3) is 0 Å². The fraction of sp³-hybridized carbons (Fsp3) is 0.294. The summed E-state index contributed by atoms with van der Waals surface area (Å²) in [4.78, 5) is 0. The second kappa shape index (κ2) is 6.78. The monoisotopic (exact) mass is 291 g/mol. The van der Waals surface area contributed by atoms with Gasteiger partial charge in [-0.1, -0.05) is 36.4 Å². The van der Waals surface area contributed by atoms with Crippen LogP contribution in [0.1, 0.15) is 42.6 Å². The highest BCUT2D eigenvalue weighted by Crippen LogP contribution is 2.23. The average molecular weight is 291 g/mol. The lowest BCUT2D eigenvalue weighted by atomic mass is 10.0. The van der Waals surface area contributed by atoms with Crippen LogP contribution >= 0.6 is 0 Å². The number of aliphatic hydroxyl groups is 1. The molecule has 0 heterocycles. The summed E-state index contributed by atoms with van der Waals surface area (Å²) in [5, 5.41) is 12.4. The topological polar surface area (TPSA) is 32.3 Å². The summed E-state index contributed by atoms with van der Waals surface area (Å²) < 4.78 is 27.0. The predicted octanol–water partition coefficient (Wildman–Crippen LogP) is 3.87. The minimum atomic E-state index is -0.837. The molecule has 0 bridgehead atoms. The van der Waals surface area contributed by atoms with Crippen LogP contribution in [0.2, 0.25) is 0 Å². The third-order valence-corrected chi connectivity index (χ3v) is 3.58. The first-order valence-electron chi connectivity index (χ1n) is 6.92. The van der Waals surface area contributed by atoms with Crippen molar-refractivity contribution in [1.82, 2.24) is 5.32 Å². The molecule has 112 valence electrons. The minimum absolute atomic E-state index is 0.0192. The average Bonchev–Trinajstić information content (AvgIpc) is 2.49. The Hall–Kier alpha value is -1.78. The first kappa shape index (κ1) is 15.6. The normalized spacial score (nSPS) is 14.0. The number of benzene rings is 2. The van der Waals surface area contributed by atoms with E-state index in [1.54, 1.807) is 13.0 Å². The highest BCUT2D eigenvalue weighted by Gasteiger charge is 2.16. The van der Waals surface area contributed by atoms with Crippen molar-refractivity contribution in [2.24, 2.45) is 0 Å². The van der Waals surface area contributed by atoms with Gasteiger partial charge in [0.2, 0.25) is 0 Å². The zero-order valence-electron chi connectivity index (χ0n) is 12.1. The van der Waals surface area contributed by atoms with Crippen LogP contribution in [0.4, 0.5) is 8.78 Å². The van der Waals surface area contributed by atoms with Gasteiger partial charge in [-0.05, 0) is 31.0 Å². The summed E-state index contributed by atoms with van der Waals surface area (Å²) in [5.74, 6) is -1.65. The molecule has 0 spiro atoms. The van der Waals surface area contributed by atoms with Crippen molar-refractivity contribution in [3.63, 3.8) is 0 Å². The molecule has 2 aromatic rings. The molecule has 4 heteroatoms. The highest BCUT2D eigenvalue weighted by atomic mass is 19.2. The Morgan fingerprint density at radius 1 is 1.05 bits per heavy atom. The Morgan fingerprint density at radius 3 is 2.48 bits per heavy atom. The zero-order chi connectivity index (χ0) is 15.4. The number of rotatable bonds is 5. The number of hydrogen-bond donors (Lipinski definition) is 2. The third-order valence-electron chi connectivity index (χ3n) is 3.58. The largest absolute Gasteiger partial charge is 0.392 e. The van der Waals surface area contributed by atoms with E-state index in [2.05, 4.69) is 5.32 Å². The van der Waals surface area contributed by atoms with E-state index in [9.17, 15) is 8.78 Å². The second-order valence-corrected chi connectivity index (χ2v) is 5.16. The standard InChI is InChI=1S/C17H19F2NO/c1-11(14-6-3-5-13(9-14)10-21)20-12(2)15-7-4-8-16(18)17(15)19/h3-9,11-12,20-21H,10H2,1-2H3. The molecule has 0 aliphatic carbocycles. The van der Waals surface area contributed by atoms with E-state index in [4.69, 9.17) is 5.11 Å². The molecule has 0 saturated heterocycles. The molecule has 0 saturated carbocycles. The summed E-state index contributed by atoms with van der Waals surface area (Å²) in [7, 11) is 0. The molecule has 0 aliphatic rings. The van der Waals surface area contributed by atoms with Gasteiger partial charge in [-0.15, -0.1) is 0 Å². The lowest BCUT2D eigenvalue weighted by Gasteiger charge is -2.21. The van der Waals surface area contributed by atoms with Crippen LogP contribution in [0.5, 0.6) is 0 Å². The van der Waals surface area contributed by atoms with Gasteiger partial charge in [-0.2, -0.15) is 0 Å². The zero-order valence-corrected chi connectivity index (χ0v) is 12.1. The summed E-state index contributed by atoms with van der Waals surface area (Å²) in [5.41, 5.74) is 2.12. The van der Waals surface area contributed by atoms with E-state index in [-0.39, 0.29) is 18.7 Å². The van der Waals surface area contributed by atoms with E-state index in [1.165, 1.54) is 6.07 Å². The summed E-state index contributed by atoms with van der Waals surface area (Å²) >= 11 is 0. The van der Waals surface area contributed by atoms with Crippen molar-refractivity contribution in [2.75, 3.05) is 0 Å². The van der Waals surface area contributed by atoms with E-state index in [0.29, 0.717) is 5.56 Å². The molecule has 2 atom stereocenters. The molecular weight excluding hydrogens is 272 g/mol. The van der Waals surface area contributed by atoms with Crippen molar-refractivity contribution in [2.45, 2.75) is 32.5 Å². The van der Waals surface area contributed by atoms with Crippen molar-refractivity contribution in [3.8, 4) is 0 Å². The summed E-state index contributed by atoms with van der Waals surface area (Å²) in [6.45, 7) is 3.73. The van der Waals surface area contributed by atoms with E-state index < -0.39 is 11.6 Å². The molecule has 0 radical (unpaired) electrons. The van der Waals surface area contributed by atoms with Gasteiger partial charge < -0.3 is 10.4 Å². The maximum absolute atomic E-state index is 13.8. The first-order chi connectivity index (χ1) is 10.0. The van der Waals surface area contributed by atoms with Gasteiger partial charge in [-0.3, -0.25) is 0 Å². The van der Waals surface area contributed by atoms with Crippen LogP contribution in [-0.4, -0.2) is 5.11 Å². The quantitative estimate of drug-likeness (QED) is 0.876. The number of halogens is 2. The van der Waals surface area contributed by atoms with Crippen LogP contribution in [0.15, 0.2) is 42.5 Å². The molecule has 0 fully saturated rings. The molecule has 0 aliphatic heterocycles. The molecule has 0 amide bonds. The van der Waals surface area contributed by atoms with E-state index in [1.807, 2.05) is 31.2 Å². The van der Waals surface area contributed by atoms with Crippen LogP contribution in [0.3, 0.4) is 0 Å². The van der Waals surface area contributed by atoms with Gasteiger partial charge in [0, 0.05) is 17.6 Å². The van der Waals surface area contributed by atoms with Gasteiger partial charge in [-0.25, -0.2) is 8.78 Å². The van der Waals surface area contributed by atoms with Gasteiger partial charge in [0.15, 0.2) is 11.6 Å². The maximum Gasteiger partial charge on any atom is 0.163 e. The molecule has 0 aromatic heterocycles. The highest BCUT2D eigenvalue weighted by molar-refractivity contribution is 5.27. The van der Waals surface area contributed by atoms with Crippen LogP contribution < -0.4 is 5.32 Å². The van der Waals surface area contributed by atoms with Crippen molar-refractivity contribution < 1.29 is 13.9 Å². The Labute approximate surface area is 123 Å². The van der Waals surface area contributed by atoms with Gasteiger partial charge in [0.05, 0.1) is 6.61 Å². The first-order valence-corrected chi connectivity index (χ1v) is 6.92.